The summed E-state index contributed by atoms with van der Waals surface area (Å²) in [5, 5.41) is 10.2. The Morgan fingerprint density at radius 2 is 1.53 bits per heavy atom. The fourth-order valence-corrected chi connectivity index (χ4v) is 3.78. The summed E-state index contributed by atoms with van der Waals surface area (Å²) in [6.45, 7) is 6.49. The van der Waals surface area contributed by atoms with Gasteiger partial charge in [0.15, 0.2) is 11.5 Å². The van der Waals surface area contributed by atoms with Gasteiger partial charge in [0.1, 0.15) is 12.4 Å². The molecule has 0 spiro atoms. The maximum atomic E-state index is 10.2. The Morgan fingerprint density at radius 1 is 0.933 bits per heavy atom. The zero-order valence-electron chi connectivity index (χ0n) is 18.9. The molecule has 2 rings (SSSR count). The van der Waals surface area contributed by atoms with Crippen LogP contribution < -0.4 is 14.2 Å². The molecule has 0 radical (unpaired) electrons. The molecule has 0 saturated heterocycles. The molecule has 0 aliphatic heterocycles. The van der Waals surface area contributed by atoms with Gasteiger partial charge >= 0.3 is 0 Å². The SMILES string of the molecule is COc1ccccc1OCCN(C)CCCC(C#N)(c1ccccc1OC)C(C)C. The molecule has 0 aromatic heterocycles. The highest BCUT2D eigenvalue weighted by atomic mass is 16.5. The predicted molar refractivity (Wildman–Crippen MR) is 120 cm³/mol. The van der Waals surface area contributed by atoms with Crippen LogP contribution >= 0.6 is 0 Å². The van der Waals surface area contributed by atoms with Crippen molar-refractivity contribution in [3.63, 3.8) is 0 Å². The third kappa shape index (κ3) is 5.67. The molecule has 0 heterocycles. The highest BCUT2D eigenvalue weighted by molar-refractivity contribution is 5.44. The lowest BCUT2D eigenvalue weighted by Gasteiger charge is -2.33. The third-order valence-electron chi connectivity index (χ3n) is 5.68. The standard InChI is InChI=1S/C25H34N2O3/c1-20(2)25(19-26,21-11-6-7-12-22(21)28-4)15-10-16-27(3)17-18-30-24-14-9-8-13-23(24)29-5/h6-9,11-14,20H,10,15-18H2,1-5H3. The molecular formula is C25H34N2O3. The Kier molecular flexibility index (Phi) is 9.01. The minimum atomic E-state index is -0.568. The quantitative estimate of drug-likeness (QED) is 0.497. The van der Waals surface area contributed by atoms with Crippen molar-refractivity contribution in [2.45, 2.75) is 32.1 Å². The van der Waals surface area contributed by atoms with E-state index in [9.17, 15) is 5.26 Å². The smallest absolute Gasteiger partial charge is 0.161 e. The van der Waals surface area contributed by atoms with Crippen LogP contribution in [0.5, 0.6) is 17.2 Å². The second-order valence-electron chi connectivity index (χ2n) is 7.84. The topological polar surface area (TPSA) is 54.7 Å². The van der Waals surface area contributed by atoms with E-state index >= 15 is 0 Å². The van der Waals surface area contributed by atoms with Gasteiger partial charge < -0.3 is 19.1 Å². The number of rotatable bonds is 12. The Morgan fingerprint density at radius 3 is 2.13 bits per heavy atom. The van der Waals surface area contributed by atoms with Gasteiger partial charge in [-0.25, -0.2) is 0 Å². The Labute approximate surface area is 181 Å². The van der Waals surface area contributed by atoms with E-state index in [1.54, 1.807) is 14.2 Å². The average molecular weight is 411 g/mol. The van der Waals surface area contributed by atoms with Crippen LogP contribution in [0, 0.1) is 17.2 Å². The molecular weight excluding hydrogens is 376 g/mol. The van der Waals surface area contributed by atoms with Crippen LogP contribution in [0.1, 0.15) is 32.3 Å². The fourth-order valence-electron chi connectivity index (χ4n) is 3.78. The monoisotopic (exact) mass is 410 g/mol. The number of ether oxygens (including phenoxy) is 3. The van der Waals surface area contributed by atoms with Crippen LogP contribution in [-0.4, -0.2) is 45.9 Å². The zero-order chi connectivity index (χ0) is 22.0. The van der Waals surface area contributed by atoms with E-state index in [1.807, 2.05) is 48.5 Å². The number of para-hydroxylation sites is 3. The number of nitrogens with zero attached hydrogens (tertiary/aromatic N) is 2. The first-order chi connectivity index (χ1) is 14.5. The summed E-state index contributed by atoms with van der Waals surface area (Å²) in [5.41, 5.74) is 0.411. The minimum absolute atomic E-state index is 0.179. The predicted octanol–water partition coefficient (Wildman–Crippen LogP) is 4.91. The van der Waals surface area contributed by atoms with E-state index in [4.69, 9.17) is 14.2 Å². The zero-order valence-corrected chi connectivity index (χ0v) is 18.9. The molecule has 0 amide bonds. The maximum Gasteiger partial charge on any atom is 0.161 e. The van der Waals surface area contributed by atoms with Crippen molar-refractivity contribution < 1.29 is 14.2 Å². The molecule has 162 valence electrons. The molecule has 0 saturated carbocycles. The van der Waals surface area contributed by atoms with Gasteiger partial charge in [0.05, 0.1) is 25.7 Å². The molecule has 5 heteroatoms. The number of hydrogen-bond acceptors (Lipinski definition) is 5. The van der Waals surface area contributed by atoms with Crippen LogP contribution in [0.3, 0.4) is 0 Å². The Bertz CT molecular complexity index is 831. The van der Waals surface area contributed by atoms with Crippen LogP contribution in [0.4, 0.5) is 0 Å². The van der Waals surface area contributed by atoms with Gasteiger partial charge in [0.2, 0.25) is 0 Å². The number of methoxy groups -OCH3 is 2. The Balaban J connectivity index is 1.93. The van der Waals surface area contributed by atoms with Gasteiger partial charge in [-0.2, -0.15) is 5.26 Å². The molecule has 2 aromatic rings. The normalized spacial score (nSPS) is 13.0. The second kappa shape index (κ2) is 11.5. The molecule has 0 aliphatic rings. The van der Waals surface area contributed by atoms with E-state index in [-0.39, 0.29) is 5.92 Å². The largest absolute Gasteiger partial charge is 0.496 e. The molecule has 30 heavy (non-hydrogen) atoms. The van der Waals surface area contributed by atoms with Crippen molar-refractivity contribution in [2.75, 3.05) is 41.0 Å². The van der Waals surface area contributed by atoms with E-state index in [0.717, 1.165) is 48.7 Å². The summed E-state index contributed by atoms with van der Waals surface area (Å²) < 4.78 is 16.7. The minimum Gasteiger partial charge on any atom is -0.496 e. The summed E-state index contributed by atoms with van der Waals surface area (Å²) in [5.74, 6) is 2.46. The van der Waals surface area contributed by atoms with Gasteiger partial charge in [-0.1, -0.05) is 44.2 Å². The Hall–Kier alpha value is -2.71. The van der Waals surface area contributed by atoms with Crippen LogP contribution in [0.15, 0.2) is 48.5 Å². The maximum absolute atomic E-state index is 10.2. The average Bonchev–Trinajstić information content (AvgIpc) is 2.77. The molecule has 0 fully saturated rings. The molecule has 0 aliphatic carbocycles. The highest BCUT2D eigenvalue weighted by Crippen LogP contribution is 2.41. The van der Waals surface area contributed by atoms with Gasteiger partial charge in [-0.15, -0.1) is 0 Å². The lowest BCUT2D eigenvalue weighted by molar-refractivity contribution is 0.222. The van der Waals surface area contributed by atoms with E-state index < -0.39 is 5.41 Å². The summed E-state index contributed by atoms with van der Waals surface area (Å²) in [6.07, 6.45) is 1.69. The van der Waals surface area contributed by atoms with Gasteiger partial charge in [-0.3, -0.25) is 0 Å². The van der Waals surface area contributed by atoms with Gasteiger partial charge in [0.25, 0.3) is 0 Å². The molecule has 0 N–H and O–H groups in total. The summed E-state index contributed by atoms with van der Waals surface area (Å²) in [6, 6.07) is 18.2. The molecule has 1 unspecified atom stereocenters. The summed E-state index contributed by atoms with van der Waals surface area (Å²) in [7, 11) is 5.39. The lowest BCUT2D eigenvalue weighted by atomic mass is 9.69. The first kappa shape index (κ1) is 23.6. The van der Waals surface area contributed by atoms with Crippen molar-refractivity contribution in [1.29, 1.82) is 5.26 Å². The second-order valence-corrected chi connectivity index (χ2v) is 7.84. The number of hydrogen-bond donors (Lipinski definition) is 0. The van der Waals surface area contributed by atoms with E-state index in [0.29, 0.717) is 6.61 Å². The van der Waals surface area contributed by atoms with Crippen LogP contribution in [0.2, 0.25) is 0 Å². The summed E-state index contributed by atoms with van der Waals surface area (Å²) >= 11 is 0. The number of nitriles is 1. The van der Waals surface area contributed by atoms with Crippen molar-refractivity contribution in [2.24, 2.45) is 5.92 Å². The van der Waals surface area contributed by atoms with Crippen LogP contribution in [0.25, 0.3) is 0 Å². The molecule has 2 aromatic carbocycles. The van der Waals surface area contributed by atoms with Crippen molar-refractivity contribution >= 4 is 0 Å². The third-order valence-corrected chi connectivity index (χ3v) is 5.68. The van der Waals surface area contributed by atoms with Gasteiger partial charge in [0, 0.05) is 12.1 Å². The fraction of sp³-hybridized carbons (Fsp3) is 0.480. The first-order valence-electron chi connectivity index (χ1n) is 10.5. The van der Waals surface area contributed by atoms with E-state index in [2.05, 4.69) is 31.9 Å². The number of benzene rings is 2. The van der Waals surface area contributed by atoms with Crippen molar-refractivity contribution in [1.82, 2.24) is 4.90 Å². The number of likely N-dealkylation sites (N-methyl/N-ethyl adjacent to an activating group) is 1. The first-order valence-corrected chi connectivity index (χ1v) is 10.5. The molecule has 1 atom stereocenters. The van der Waals surface area contributed by atoms with Gasteiger partial charge in [-0.05, 0) is 50.6 Å². The van der Waals surface area contributed by atoms with Crippen molar-refractivity contribution in [3.05, 3.63) is 54.1 Å². The van der Waals surface area contributed by atoms with Crippen molar-refractivity contribution in [3.8, 4) is 23.3 Å². The molecule has 5 nitrogen and oxygen atoms in total. The van der Waals surface area contributed by atoms with E-state index in [1.165, 1.54) is 0 Å². The molecule has 0 bridgehead atoms. The highest BCUT2D eigenvalue weighted by Gasteiger charge is 2.37. The summed E-state index contributed by atoms with van der Waals surface area (Å²) in [4.78, 5) is 2.24. The van der Waals surface area contributed by atoms with Crippen LogP contribution in [-0.2, 0) is 5.41 Å². The lowest BCUT2D eigenvalue weighted by Crippen LogP contribution is -2.33.